The van der Waals surface area contributed by atoms with Crippen molar-refractivity contribution in [2.75, 3.05) is 25.3 Å². The Labute approximate surface area is 127 Å². The van der Waals surface area contributed by atoms with Gasteiger partial charge in [-0.2, -0.15) is 0 Å². The zero-order chi connectivity index (χ0) is 15.4. The number of hydrogen-bond donors (Lipinski definition) is 2. The van der Waals surface area contributed by atoms with Crippen LogP contribution in [0.5, 0.6) is 11.5 Å². The van der Waals surface area contributed by atoms with E-state index in [2.05, 4.69) is 5.32 Å². The lowest BCUT2D eigenvalue weighted by Gasteiger charge is -2.14. The van der Waals surface area contributed by atoms with E-state index in [-0.39, 0.29) is 5.56 Å². The number of halogens is 1. The van der Waals surface area contributed by atoms with Gasteiger partial charge >= 0.3 is 0 Å². The van der Waals surface area contributed by atoms with Crippen LogP contribution in [-0.4, -0.2) is 20.1 Å². The number of hydrogen-bond acceptors (Lipinski definition) is 4. The van der Waals surface area contributed by atoms with Crippen molar-refractivity contribution in [3.8, 4) is 11.5 Å². The van der Waals surface area contributed by atoms with Crippen LogP contribution < -0.4 is 20.5 Å². The zero-order valence-electron chi connectivity index (χ0n) is 11.6. The number of nitrogen functional groups attached to an aromatic ring is 1. The van der Waals surface area contributed by atoms with Crippen molar-refractivity contribution < 1.29 is 14.3 Å². The Balaban J connectivity index is 2.41. The van der Waals surface area contributed by atoms with Gasteiger partial charge in [-0.15, -0.1) is 0 Å². The van der Waals surface area contributed by atoms with Crippen molar-refractivity contribution in [2.45, 2.75) is 0 Å². The van der Waals surface area contributed by atoms with Gasteiger partial charge in [0, 0.05) is 0 Å². The van der Waals surface area contributed by atoms with E-state index in [0.717, 1.165) is 0 Å². The van der Waals surface area contributed by atoms with Crippen molar-refractivity contribution >= 4 is 28.9 Å². The van der Waals surface area contributed by atoms with E-state index in [1.54, 1.807) is 36.4 Å². The highest BCUT2D eigenvalue weighted by atomic mass is 35.5. The van der Waals surface area contributed by atoms with E-state index in [4.69, 9.17) is 26.8 Å². The van der Waals surface area contributed by atoms with Crippen LogP contribution in [0.1, 0.15) is 10.4 Å². The zero-order valence-corrected chi connectivity index (χ0v) is 12.4. The van der Waals surface area contributed by atoms with Gasteiger partial charge in [0.2, 0.25) is 0 Å². The molecule has 0 saturated heterocycles. The Morgan fingerprint density at radius 1 is 1.10 bits per heavy atom. The van der Waals surface area contributed by atoms with Gasteiger partial charge in [-0.3, -0.25) is 4.79 Å². The van der Waals surface area contributed by atoms with Gasteiger partial charge in [-0.25, -0.2) is 0 Å². The monoisotopic (exact) mass is 306 g/mol. The highest BCUT2D eigenvalue weighted by Crippen LogP contribution is 2.32. The molecule has 0 heterocycles. The third kappa shape index (κ3) is 3.03. The third-order valence-corrected chi connectivity index (χ3v) is 3.25. The van der Waals surface area contributed by atoms with Crippen LogP contribution in [0.25, 0.3) is 0 Å². The summed E-state index contributed by atoms with van der Waals surface area (Å²) in [5.74, 6) is 0.388. The molecule has 110 valence electrons. The first-order chi connectivity index (χ1) is 10.1. The van der Waals surface area contributed by atoms with E-state index in [0.29, 0.717) is 27.9 Å². The van der Waals surface area contributed by atoms with E-state index in [1.807, 2.05) is 0 Å². The summed E-state index contributed by atoms with van der Waals surface area (Å²) >= 11 is 6.05. The van der Waals surface area contributed by atoms with Gasteiger partial charge in [0.05, 0.1) is 30.6 Å². The minimum Gasteiger partial charge on any atom is -0.496 e. The van der Waals surface area contributed by atoms with E-state index in [9.17, 15) is 4.79 Å². The molecule has 2 rings (SSSR count). The molecular formula is C15H15ClN2O3. The van der Waals surface area contributed by atoms with Gasteiger partial charge in [-0.05, 0) is 24.3 Å². The van der Waals surface area contributed by atoms with Crippen LogP contribution in [0.2, 0.25) is 5.02 Å². The number of nitrogens with two attached hydrogens (primary N) is 1. The molecule has 0 aliphatic carbocycles. The fourth-order valence-corrected chi connectivity index (χ4v) is 2.15. The molecule has 0 saturated carbocycles. The number of nitrogens with one attached hydrogen (secondary N) is 1. The molecule has 0 radical (unpaired) electrons. The van der Waals surface area contributed by atoms with Gasteiger partial charge < -0.3 is 20.5 Å². The molecule has 2 aromatic carbocycles. The maximum absolute atomic E-state index is 12.5. The maximum Gasteiger partial charge on any atom is 0.263 e. The fraction of sp³-hybridized carbons (Fsp3) is 0.133. The first-order valence-electron chi connectivity index (χ1n) is 6.14. The Kier molecular flexibility index (Phi) is 4.55. The van der Waals surface area contributed by atoms with Crippen molar-refractivity contribution in [1.82, 2.24) is 0 Å². The number of para-hydroxylation sites is 1. The third-order valence-electron chi connectivity index (χ3n) is 2.94. The smallest absolute Gasteiger partial charge is 0.263 e. The SMILES string of the molecule is COc1cccc(OC)c1C(=O)Nc1c(N)cccc1Cl. The molecule has 5 nitrogen and oxygen atoms in total. The summed E-state index contributed by atoms with van der Waals surface area (Å²) in [6, 6.07) is 10.1. The Morgan fingerprint density at radius 2 is 1.67 bits per heavy atom. The van der Waals surface area contributed by atoms with Crippen LogP contribution in [-0.2, 0) is 0 Å². The molecule has 0 aromatic heterocycles. The standard InChI is InChI=1S/C15H15ClN2O3/c1-20-11-7-4-8-12(21-2)13(11)15(19)18-14-9(16)5-3-6-10(14)17/h3-8H,17H2,1-2H3,(H,18,19). The molecule has 2 aromatic rings. The summed E-state index contributed by atoms with van der Waals surface area (Å²) in [6.07, 6.45) is 0. The Bertz CT molecular complexity index is 631. The van der Waals surface area contributed by atoms with Crippen molar-refractivity contribution in [2.24, 2.45) is 0 Å². The number of methoxy groups -OCH3 is 2. The normalized spacial score (nSPS) is 10.0. The lowest BCUT2D eigenvalue weighted by molar-refractivity contribution is 0.102. The minimum absolute atomic E-state index is 0.279. The maximum atomic E-state index is 12.5. The van der Waals surface area contributed by atoms with Crippen LogP contribution >= 0.6 is 11.6 Å². The Morgan fingerprint density at radius 3 is 2.19 bits per heavy atom. The molecule has 1 amide bonds. The number of benzene rings is 2. The predicted molar refractivity (Wildman–Crippen MR) is 83.4 cm³/mol. The summed E-state index contributed by atoms with van der Waals surface area (Å²) in [6.45, 7) is 0. The van der Waals surface area contributed by atoms with Gasteiger partial charge in [-0.1, -0.05) is 23.7 Å². The fourth-order valence-electron chi connectivity index (χ4n) is 1.92. The topological polar surface area (TPSA) is 73.6 Å². The molecule has 0 bridgehead atoms. The number of anilines is 2. The quantitative estimate of drug-likeness (QED) is 0.851. The van der Waals surface area contributed by atoms with Crippen molar-refractivity contribution in [3.05, 3.63) is 47.0 Å². The molecule has 0 atom stereocenters. The number of amides is 1. The van der Waals surface area contributed by atoms with Crippen LogP contribution in [0.3, 0.4) is 0 Å². The molecule has 0 spiro atoms. The molecule has 0 aliphatic heterocycles. The molecular weight excluding hydrogens is 292 g/mol. The average molecular weight is 307 g/mol. The average Bonchev–Trinajstić information content (AvgIpc) is 2.49. The number of carbonyl (C=O) groups excluding carboxylic acids is 1. The highest BCUT2D eigenvalue weighted by Gasteiger charge is 2.19. The van der Waals surface area contributed by atoms with Gasteiger partial charge in [0.25, 0.3) is 5.91 Å². The second-order valence-corrected chi connectivity index (χ2v) is 4.60. The van der Waals surface area contributed by atoms with Crippen molar-refractivity contribution in [3.63, 3.8) is 0 Å². The highest BCUT2D eigenvalue weighted by molar-refractivity contribution is 6.34. The summed E-state index contributed by atoms with van der Waals surface area (Å²) in [5, 5.41) is 3.05. The van der Waals surface area contributed by atoms with Gasteiger partial charge in [0.1, 0.15) is 17.1 Å². The summed E-state index contributed by atoms with van der Waals surface area (Å²) < 4.78 is 10.4. The molecule has 0 fully saturated rings. The van der Waals surface area contributed by atoms with Crippen LogP contribution in [0, 0.1) is 0 Å². The summed E-state index contributed by atoms with van der Waals surface area (Å²) in [4.78, 5) is 12.5. The molecule has 3 N–H and O–H groups in total. The summed E-state index contributed by atoms with van der Waals surface area (Å²) in [7, 11) is 2.96. The van der Waals surface area contributed by atoms with E-state index < -0.39 is 5.91 Å². The van der Waals surface area contributed by atoms with Crippen LogP contribution in [0.4, 0.5) is 11.4 Å². The molecule has 6 heteroatoms. The molecule has 0 aliphatic rings. The van der Waals surface area contributed by atoms with Crippen LogP contribution in [0.15, 0.2) is 36.4 Å². The van der Waals surface area contributed by atoms with Gasteiger partial charge in [0.15, 0.2) is 0 Å². The van der Waals surface area contributed by atoms with E-state index in [1.165, 1.54) is 14.2 Å². The first-order valence-corrected chi connectivity index (χ1v) is 6.52. The summed E-state index contributed by atoms with van der Waals surface area (Å²) in [5.41, 5.74) is 6.84. The molecule has 0 unspecified atom stereocenters. The first kappa shape index (κ1) is 15.0. The lowest BCUT2D eigenvalue weighted by Crippen LogP contribution is -2.16. The second kappa shape index (κ2) is 6.37. The van der Waals surface area contributed by atoms with Crippen molar-refractivity contribution in [1.29, 1.82) is 0 Å². The predicted octanol–water partition coefficient (Wildman–Crippen LogP) is 3.19. The Hall–Kier alpha value is -2.40. The molecule has 21 heavy (non-hydrogen) atoms. The number of rotatable bonds is 4. The van der Waals surface area contributed by atoms with E-state index >= 15 is 0 Å². The number of ether oxygens (including phenoxy) is 2. The lowest BCUT2D eigenvalue weighted by atomic mass is 10.1. The minimum atomic E-state index is -0.413. The second-order valence-electron chi connectivity index (χ2n) is 4.20. The largest absolute Gasteiger partial charge is 0.496 e. The number of carbonyl (C=O) groups is 1.